The van der Waals surface area contributed by atoms with Crippen LogP contribution in [0.4, 0.5) is 4.79 Å². The monoisotopic (exact) mass is 222 g/mol. The molecule has 0 saturated heterocycles. The lowest BCUT2D eigenvalue weighted by atomic mass is 9.92. The van der Waals surface area contributed by atoms with Crippen molar-refractivity contribution in [1.82, 2.24) is 5.32 Å². The second-order valence-electron chi connectivity index (χ2n) is 2.61. The number of nitrogens with two attached hydrogens (primary N) is 1. The number of halogens is 1. The number of urea groups is 1. The van der Waals surface area contributed by atoms with Crippen molar-refractivity contribution in [2.75, 3.05) is 5.88 Å². The summed E-state index contributed by atoms with van der Waals surface area (Å²) in [5, 5.41) is 10.7. The molecule has 0 aliphatic heterocycles. The fourth-order valence-electron chi connectivity index (χ4n) is 1.00. The number of carbonyl (C=O) groups is 3. The Labute approximate surface area is 85.4 Å². The summed E-state index contributed by atoms with van der Waals surface area (Å²) < 4.78 is 0. The number of nitrogens with one attached hydrogen (secondary N) is 1. The van der Waals surface area contributed by atoms with Crippen LogP contribution in [0.3, 0.4) is 0 Å². The second-order valence-corrected chi connectivity index (χ2v) is 2.88. The van der Waals surface area contributed by atoms with Gasteiger partial charge in [-0.1, -0.05) is 6.92 Å². The van der Waals surface area contributed by atoms with Crippen LogP contribution in [-0.4, -0.2) is 34.3 Å². The van der Waals surface area contributed by atoms with E-state index in [0.717, 1.165) is 0 Å². The largest absolute Gasteiger partial charge is 0.479 e. The summed E-state index contributed by atoms with van der Waals surface area (Å²) >= 11 is 5.24. The molecule has 2 amide bonds. The molecule has 0 aromatic carbocycles. The van der Waals surface area contributed by atoms with Crippen LogP contribution in [0, 0.1) is 0 Å². The predicted octanol–water partition coefficient (Wildman–Crippen LogP) is -0.304. The summed E-state index contributed by atoms with van der Waals surface area (Å²) in [5.74, 6) is -2.77. The summed E-state index contributed by atoms with van der Waals surface area (Å²) in [7, 11) is 0. The Morgan fingerprint density at radius 1 is 1.50 bits per heavy atom. The van der Waals surface area contributed by atoms with Crippen molar-refractivity contribution in [2.24, 2.45) is 5.73 Å². The van der Waals surface area contributed by atoms with Crippen LogP contribution in [0.25, 0.3) is 0 Å². The molecule has 0 rings (SSSR count). The first kappa shape index (κ1) is 12.7. The third-order valence-electron chi connectivity index (χ3n) is 1.83. The van der Waals surface area contributed by atoms with Crippen molar-refractivity contribution < 1.29 is 19.5 Å². The molecule has 0 aromatic rings. The van der Waals surface area contributed by atoms with Crippen molar-refractivity contribution in [2.45, 2.75) is 18.9 Å². The zero-order chi connectivity index (χ0) is 11.4. The molecule has 0 saturated carbocycles. The van der Waals surface area contributed by atoms with Gasteiger partial charge in [-0.25, -0.2) is 9.59 Å². The van der Waals surface area contributed by atoms with Gasteiger partial charge < -0.3 is 16.2 Å². The number of amides is 2. The number of rotatable bonds is 5. The number of carboxylic acids is 1. The van der Waals surface area contributed by atoms with Gasteiger partial charge in [0, 0.05) is 0 Å². The number of hydrogen-bond donors (Lipinski definition) is 3. The molecule has 0 fully saturated rings. The number of primary amides is 1. The van der Waals surface area contributed by atoms with Gasteiger partial charge >= 0.3 is 12.0 Å². The van der Waals surface area contributed by atoms with Crippen molar-refractivity contribution in [3.63, 3.8) is 0 Å². The molecule has 0 bridgehead atoms. The van der Waals surface area contributed by atoms with Gasteiger partial charge in [0.15, 0.2) is 11.3 Å². The Morgan fingerprint density at radius 3 is 2.21 bits per heavy atom. The molecule has 0 aliphatic carbocycles. The maximum atomic E-state index is 11.3. The molecule has 4 N–H and O–H groups in total. The van der Waals surface area contributed by atoms with Crippen LogP contribution in [0.1, 0.15) is 13.3 Å². The first-order valence-corrected chi connectivity index (χ1v) is 4.34. The fourth-order valence-corrected chi connectivity index (χ4v) is 1.23. The summed E-state index contributed by atoms with van der Waals surface area (Å²) in [4.78, 5) is 32.6. The topological polar surface area (TPSA) is 109 Å². The van der Waals surface area contributed by atoms with Crippen molar-refractivity contribution >= 4 is 29.4 Å². The average molecular weight is 223 g/mol. The lowest BCUT2D eigenvalue weighted by Gasteiger charge is -2.25. The van der Waals surface area contributed by atoms with Crippen molar-refractivity contribution in [1.29, 1.82) is 0 Å². The van der Waals surface area contributed by atoms with Gasteiger partial charge in [-0.15, -0.1) is 11.6 Å². The molecule has 80 valence electrons. The Morgan fingerprint density at radius 2 is 2.00 bits per heavy atom. The van der Waals surface area contributed by atoms with Crippen LogP contribution < -0.4 is 11.1 Å². The average Bonchev–Trinajstić information content (AvgIpc) is 2.12. The van der Waals surface area contributed by atoms with E-state index in [4.69, 9.17) is 22.4 Å². The molecule has 0 spiro atoms. The minimum atomic E-state index is -2.01. The molecule has 14 heavy (non-hydrogen) atoms. The Hall–Kier alpha value is -1.30. The molecule has 0 radical (unpaired) electrons. The van der Waals surface area contributed by atoms with E-state index in [9.17, 15) is 14.4 Å². The van der Waals surface area contributed by atoms with E-state index in [1.807, 2.05) is 5.32 Å². The van der Waals surface area contributed by atoms with Crippen LogP contribution >= 0.6 is 11.6 Å². The van der Waals surface area contributed by atoms with Crippen LogP contribution in [0.15, 0.2) is 0 Å². The Balaban J connectivity index is 5.08. The zero-order valence-electron chi connectivity index (χ0n) is 7.54. The quantitative estimate of drug-likeness (QED) is 0.438. The number of ketones is 1. The van der Waals surface area contributed by atoms with Crippen LogP contribution in [0.5, 0.6) is 0 Å². The highest BCUT2D eigenvalue weighted by atomic mass is 35.5. The Bertz CT molecular complexity index is 268. The summed E-state index contributed by atoms with van der Waals surface area (Å²) in [5.41, 5.74) is 2.77. The third-order valence-corrected chi connectivity index (χ3v) is 2.07. The summed E-state index contributed by atoms with van der Waals surface area (Å²) in [6.07, 6.45) is -0.114. The maximum absolute atomic E-state index is 11.3. The SMILES string of the molecule is CCC(NC(N)=O)(C(=O)O)C(=O)CCl. The lowest BCUT2D eigenvalue weighted by Crippen LogP contribution is -2.61. The summed E-state index contributed by atoms with van der Waals surface area (Å²) in [6.45, 7) is 1.44. The van der Waals surface area contributed by atoms with E-state index < -0.39 is 29.2 Å². The van der Waals surface area contributed by atoms with Gasteiger partial charge in [-0.05, 0) is 6.42 Å². The molecule has 1 unspecified atom stereocenters. The van der Waals surface area contributed by atoms with E-state index in [1.165, 1.54) is 6.92 Å². The molecule has 0 aliphatic rings. The highest BCUT2D eigenvalue weighted by Crippen LogP contribution is 2.13. The Kier molecular flexibility index (Phi) is 4.36. The minimum absolute atomic E-state index is 0.114. The minimum Gasteiger partial charge on any atom is -0.479 e. The van der Waals surface area contributed by atoms with Crippen molar-refractivity contribution in [3.05, 3.63) is 0 Å². The smallest absolute Gasteiger partial charge is 0.337 e. The van der Waals surface area contributed by atoms with E-state index in [-0.39, 0.29) is 6.42 Å². The number of aliphatic carboxylic acids is 1. The number of carboxylic acid groups (broad SMARTS) is 1. The van der Waals surface area contributed by atoms with Crippen LogP contribution in [0.2, 0.25) is 0 Å². The summed E-state index contributed by atoms with van der Waals surface area (Å²) in [6, 6.07) is -1.08. The van der Waals surface area contributed by atoms with E-state index in [0.29, 0.717) is 0 Å². The van der Waals surface area contributed by atoms with Gasteiger partial charge in [0.25, 0.3) is 0 Å². The zero-order valence-corrected chi connectivity index (χ0v) is 8.30. The molecule has 7 heteroatoms. The normalized spacial score (nSPS) is 14.1. The number of Topliss-reactive ketones (excluding diaryl/α,β-unsaturated/α-hetero) is 1. The maximum Gasteiger partial charge on any atom is 0.337 e. The molecule has 0 heterocycles. The number of alkyl halides is 1. The fraction of sp³-hybridized carbons (Fsp3) is 0.571. The van der Waals surface area contributed by atoms with Gasteiger partial charge in [0.1, 0.15) is 0 Å². The number of carbonyl (C=O) groups excluding carboxylic acids is 2. The van der Waals surface area contributed by atoms with Gasteiger partial charge in [-0.2, -0.15) is 0 Å². The molecule has 0 aromatic heterocycles. The molecular weight excluding hydrogens is 212 g/mol. The molecular formula is C7H11ClN2O4. The van der Waals surface area contributed by atoms with Gasteiger partial charge in [-0.3, -0.25) is 4.79 Å². The van der Waals surface area contributed by atoms with E-state index in [1.54, 1.807) is 0 Å². The first-order chi connectivity index (χ1) is 6.40. The van der Waals surface area contributed by atoms with E-state index in [2.05, 4.69) is 0 Å². The van der Waals surface area contributed by atoms with Gasteiger partial charge in [0.2, 0.25) is 0 Å². The highest BCUT2D eigenvalue weighted by molar-refractivity contribution is 6.31. The predicted molar refractivity (Wildman–Crippen MR) is 49.1 cm³/mol. The molecule has 6 nitrogen and oxygen atoms in total. The van der Waals surface area contributed by atoms with E-state index >= 15 is 0 Å². The van der Waals surface area contributed by atoms with Crippen molar-refractivity contribution in [3.8, 4) is 0 Å². The molecule has 1 atom stereocenters. The number of hydrogen-bond acceptors (Lipinski definition) is 3. The van der Waals surface area contributed by atoms with Gasteiger partial charge in [0.05, 0.1) is 5.88 Å². The standard InChI is InChI=1S/C7H11ClN2O4/c1-2-7(5(12)13,4(11)3-8)10-6(9)14/h2-3H2,1H3,(H,12,13)(H3,9,10,14). The third kappa shape index (κ3) is 2.35. The van der Waals surface area contributed by atoms with Crippen LogP contribution in [-0.2, 0) is 9.59 Å². The first-order valence-electron chi connectivity index (χ1n) is 3.81. The second kappa shape index (κ2) is 4.80. The lowest BCUT2D eigenvalue weighted by molar-refractivity contribution is -0.149. The highest BCUT2D eigenvalue weighted by Gasteiger charge is 2.44.